The molecule has 1 aromatic heterocycles. The van der Waals surface area contributed by atoms with Crippen LogP contribution in [0.15, 0.2) is 4.99 Å². The molecule has 1 atom stereocenters. The molecule has 0 fully saturated rings. The Bertz CT molecular complexity index is 590. The van der Waals surface area contributed by atoms with E-state index in [0.717, 1.165) is 17.8 Å². The van der Waals surface area contributed by atoms with Gasteiger partial charge in [0, 0.05) is 38.5 Å². The van der Waals surface area contributed by atoms with Crippen LogP contribution >= 0.6 is 24.0 Å². The molecule has 2 N–H and O–H groups in total. The van der Waals surface area contributed by atoms with Crippen LogP contribution in [-0.2, 0) is 18.2 Å². The van der Waals surface area contributed by atoms with Crippen molar-refractivity contribution in [3.8, 4) is 0 Å². The highest BCUT2D eigenvalue weighted by Crippen LogP contribution is 2.15. The molecule has 1 heterocycles. The van der Waals surface area contributed by atoms with Gasteiger partial charge in [0.05, 0.1) is 5.69 Å². The summed E-state index contributed by atoms with van der Waals surface area (Å²) < 4.78 is 42.4. The first kappa shape index (κ1) is 26.0. The second kappa shape index (κ2) is 12.4. The minimum Gasteiger partial charge on any atom is -0.372 e. The number of aryl methyl sites for hydroxylation is 2. The lowest BCUT2D eigenvalue weighted by Gasteiger charge is -2.18. The maximum absolute atomic E-state index is 12.0. The number of alkyl halides is 3. The monoisotopic (exact) mass is 505 g/mol. The zero-order valence-corrected chi connectivity index (χ0v) is 18.9. The fourth-order valence-corrected chi connectivity index (χ4v) is 2.57. The number of halogens is 4. The Morgan fingerprint density at radius 2 is 2.00 bits per heavy atom. The van der Waals surface area contributed by atoms with Crippen molar-refractivity contribution >= 4 is 29.9 Å². The highest BCUT2D eigenvalue weighted by Gasteiger charge is 2.27. The fourth-order valence-electron chi connectivity index (χ4n) is 2.57. The molecule has 0 radical (unpaired) electrons. The van der Waals surface area contributed by atoms with E-state index >= 15 is 0 Å². The Kier molecular flexibility index (Phi) is 11.9. The van der Waals surface area contributed by atoms with Gasteiger partial charge in [-0.1, -0.05) is 0 Å². The molecule has 0 saturated carbocycles. The summed E-state index contributed by atoms with van der Waals surface area (Å²) in [5.74, 6) is 0.648. The minimum absolute atomic E-state index is 0. The smallest absolute Gasteiger partial charge is 0.372 e. The Labute approximate surface area is 176 Å². The van der Waals surface area contributed by atoms with Crippen LogP contribution in [0.25, 0.3) is 0 Å². The van der Waals surface area contributed by atoms with Crippen molar-refractivity contribution in [2.24, 2.45) is 12.0 Å². The summed E-state index contributed by atoms with van der Waals surface area (Å²) in [5, 5.41) is 10.9. The van der Waals surface area contributed by atoms with Crippen LogP contribution in [0.5, 0.6) is 0 Å². The Morgan fingerprint density at radius 3 is 2.52 bits per heavy atom. The lowest BCUT2D eigenvalue weighted by molar-refractivity contribution is -0.173. The molecule has 0 amide bonds. The molecule has 27 heavy (non-hydrogen) atoms. The summed E-state index contributed by atoms with van der Waals surface area (Å²) in [6.45, 7) is 7.98. The minimum atomic E-state index is -4.28. The lowest BCUT2D eigenvalue weighted by atomic mass is 10.1. The van der Waals surface area contributed by atoms with E-state index in [4.69, 9.17) is 0 Å². The van der Waals surface area contributed by atoms with Crippen LogP contribution in [0, 0.1) is 13.8 Å². The number of hydrogen-bond donors (Lipinski definition) is 2. The van der Waals surface area contributed by atoms with Crippen molar-refractivity contribution in [1.82, 2.24) is 20.4 Å². The number of hydrogen-bond acceptors (Lipinski definition) is 3. The number of aliphatic imine (C=N–C) groups is 1. The predicted octanol–water partition coefficient (Wildman–Crippen LogP) is 3.11. The van der Waals surface area contributed by atoms with Gasteiger partial charge in [-0.05, 0) is 46.1 Å². The van der Waals surface area contributed by atoms with Crippen LogP contribution in [0.2, 0.25) is 0 Å². The molecule has 0 aliphatic rings. The summed E-state index contributed by atoms with van der Waals surface area (Å²) >= 11 is 0. The van der Waals surface area contributed by atoms with E-state index in [-0.39, 0.29) is 36.6 Å². The quantitative estimate of drug-likeness (QED) is 0.235. The van der Waals surface area contributed by atoms with Gasteiger partial charge in [-0.2, -0.15) is 18.3 Å². The second-order valence-electron chi connectivity index (χ2n) is 6.30. The van der Waals surface area contributed by atoms with Gasteiger partial charge in [0.25, 0.3) is 0 Å². The zero-order valence-electron chi connectivity index (χ0n) is 16.6. The molecular weight excluding hydrogens is 474 g/mol. The molecule has 1 aromatic rings. The van der Waals surface area contributed by atoms with Crippen molar-refractivity contribution in [2.45, 2.75) is 52.8 Å². The summed E-state index contributed by atoms with van der Waals surface area (Å²) in [7, 11) is 1.93. The first-order chi connectivity index (χ1) is 12.1. The summed E-state index contributed by atoms with van der Waals surface area (Å²) in [6.07, 6.45) is -3.04. The Hall–Kier alpha value is -1.04. The number of ether oxygens (including phenoxy) is 1. The van der Waals surface area contributed by atoms with Crippen molar-refractivity contribution in [3.05, 3.63) is 17.0 Å². The van der Waals surface area contributed by atoms with Crippen molar-refractivity contribution < 1.29 is 17.9 Å². The van der Waals surface area contributed by atoms with Crippen LogP contribution in [-0.4, -0.2) is 54.3 Å². The van der Waals surface area contributed by atoms with E-state index in [0.29, 0.717) is 25.5 Å². The van der Waals surface area contributed by atoms with E-state index in [1.165, 1.54) is 5.56 Å². The third-order valence-corrected chi connectivity index (χ3v) is 3.88. The molecule has 0 aromatic carbocycles. The van der Waals surface area contributed by atoms with Crippen molar-refractivity contribution in [3.63, 3.8) is 0 Å². The Morgan fingerprint density at radius 1 is 1.33 bits per heavy atom. The molecular formula is C17H31F3IN5O. The normalized spacial score (nSPS) is 13.3. The summed E-state index contributed by atoms with van der Waals surface area (Å²) in [6, 6.07) is 0.135. The molecule has 1 rings (SSSR count). The van der Waals surface area contributed by atoms with E-state index in [9.17, 15) is 13.2 Å². The predicted molar refractivity (Wildman–Crippen MR) is 112 cm³/mol. The highest BCUT2D eigenvalue weighted by atomic mass is 127. The average molecular weight is 505 g/mol. The molecule has 1 unspecified atom stereocenters. The molecule has 0 saturated heterocycles. The van der Waals surface area contributed by atoms with Crippen molar-refractivity contribution in [2.75, 3.05) is 26.3 Å². The molecule has 10 heteroatoms. The molecule has 6 nitrogen and oxygen atoms in total. The van der Waals surface area contributed by atoms with E-state index in [2.05, 4.69) is 32.4 Å². The van der Waals surface area contributed by atoms with Crippen LogP contribution < -0.4 is 10.6 Å². The van der Waals surface area contributed by atoms with Gasteiger partial charge < -0.3 is 15.4 Å². The maximum atomic E-state index is 12.0. The van der Waals surface area contributed by atoms with Gasteiger partial charge >= 0.3 is 6.18 Å². The Balaban J connectivity index is 0.00000676. The third-order valence-electron chi connectivity index (χ3n) is 3.88. The molecule has 0 aliphatic heterocycles. The van der Waals surface area contributed by atoms with E-state index in [1.54, 1.807) is 0 Å². The standard InChI is InChI=1S/C17H30F3N5O.HI/c1-6-21-16(22-8-7-9-26-11-17(18,19)20)23-12(2)10-15-13(3)24-25(5)14(15)4;/h12H,6-11H2,1-5H3,(H2,21,22,23);1H. The first-order valence-electron chi connectivity index (χ1n) is 8.82. The van der Waals surface area contributed by atoms with Crippen molar-refractivity contribution in [1.29, 1.82) is 0 Å². The lowest BCUT2D eigenvalue weighted by Crippen LogP contribution is -2.43. The van der Waals surface area contributed by atoms with E-state index < -0.39 is 12.8 Å². The largest absolute Gasteiger partial charge is 0.411 e. The van der Waals surface area contributed by atoms with Crippen LogP contribution in [0.1, 0.15) is 37.2 Å². The number of guanidine groups is 1. The van der Waals surface area contributed by atoms with E-state index in [1.807, 2.05) is 32.5 Å². The first-order valence-corrected chi connectivity index (χ1v) is 8.82. The SMILES string of the molecule is CCNC(=NCCCOCC(F)(F)F)NC(C)Cc1c(C)nn(C)c1C.I. The van der Waals surface area contributed by atoms with Crippen LogP contribution in [0.3, 0.4) is 0 Å². The van der Waals surface area contributed by atoms with Gasteiger partial charge in [-0.25, -0.2) is 0 Å². The average Bonchev–Trinajstić information content (AvgIpc) is 2.76. The van der Waals surface area contributed by atoms with Gasteiger partial charge in [-0.15, -0.1) is 24.0 Å². The summed E-state index contributed by atoms with van der Waals surface area (Å²) in [4.78, 5) is 4.39. The topological polar surface area (TPSA) is 63.5 Å². The fraction of sp³-hybridized carbons (Fsp3) is 0.765. The zero-order chi connectivity index (χ0) is 19.7. The van der Waals surface area contributed by atoms with Gasteiger partial charge in [-0.3, -0.25) is 9.67 Å². The number of nitrogens with one attached hydrogen (secondary N) is 2. The molecule has 0 bridgehead atoms. The van der Waals surface area contributed by atoms with Crippen LogP contribution in [0.4, 0.5) is 13.2 Å². The third kappa shape index (κ3) is 10.2. The highest BCUT2D eigenvalue weighted by molar-refractivity contribution is 14.0. The van der Waals surface area contributed by atoms with Gasteiger partial charge in [0.15, 0.2) is 5.96 Å². The number of rotatable bonds is 9. The van der Waals surface area contributed by atoms with Gasteiger partial charge in [0.2, 0.25) is 0 Å². The number of nitrogens with zero attached hydrogens (tertiary/aromatic N) is 3. The maximum Gasteiger partial charge on any atom is 0.411 e. The summed E-state index contributed by atoms with van der Waals surface area (Å²) in [5.41, 5.74) is 3.37. The van der Waals surface area contributed by atoms with Gasteiger partial charge in [0.1, 0.15) is 6.61 Å². The molecule has 158 valence electrons. The molecule has 0 spiro atoms. The number of aromatic nitrogens is 2. The molecule has 0 aliphatic carbocycles. The second-order valence-corrected chi connectivity index (χ2v) is 6.30.